The lowest BCUT2D eigenvalue weighted by atomic mass is 10.1. The normalized spacial score (nSPS) is 10.4. The molecule has 0 aliphatic rings. The Morgan fingerprint density at radius 3 is 2.71 bits per heavy atom. The number of benzene rings is 1. The number of carbonyl (C=O) groups excluding carboxylic acids is 1. The van der Waals surface area contributed by atoms with E-state index >= 15 is 0 Å². The molecule has 0 saturated heterocycles. The topological polar surface area (TPSA) is 75.1 Å². The maximum atomic E-state index is 12.2. The van der Waals surface area contributed by atoms with Crippen molar-refractivity contribution in [1.82, 2.24) is 9.97 Å². The second-order valence-corrected chi connectivity index (χ2v) is 5.36. The zero-order chi connectivity index (χ0) is 15.2. The highest BCUT2D eigenvalue weighted by atomic mass is 35.5. The number of hydrogen-bond acceptors (Lipinski definition) is 5. The molecule has 1 heterocycles. The molecule has 0 bridgehead atoms. The molecule has 5 nitrogen and oxygen atoms in total. The van der Waals surface area contributed by atoms with Gasteiger partial charge >= 0.3 is 0 Å². The van der Waals surface area contributed by atoms with Gasteiger partial charge in [-0.2, -0.15) is 0 Å². The fourth-order valence-corrected chi connectivity index (χ4v) is 2.20. The quantitative estimate of drug-likeness (QED) is 0.653. The molecule has 7 heteroatoms. The summed E-state index contributed by atoms with van der Waals surface area (Å²) in [6, 6.07) is 7.24. The molecule has 21 heavy (non-hydrogen) atoms. The molecule has 110 valence electrons. The van der Waals surface area contributed by atoms with Crippen LogP contribution in [-0.2, 0) is 6.42 Å². The molecule has 1 aromatic heterocycles. The van der Waals surface area contributed by atoms with Crippen LogP contribution in [0.4, 0.5) is 5.69 Å². The van der Waals surface area contributed by atoms with Crippen LogP contribution in [-0.4, -0.2) is 33.8 Å². The van der Waals surface area contributed by atoms with Gasteiger partial charge in [-0.15, -0.1) is 0 Å². The summed E-state index contributed by atoms with van der Waals surface area (Å²) in [6.07, 6.45) is 3.83. The first-order valence-corrected chi connectivity index (χ1v) is 7.82. The molecule has 0 saturated carbocycles. The van der Waals surface area contributed by atoms with E-state index in [0.717, 1.165) is 5.56 Å². The van der Waals surface area contributed by atoms with Crippen molar-refractivity contribution in [3.05, 3.63) is 46.7 Å². The van der Waals surface area contributed by atoms with E-state index in [2.05, 4.69) is 15.3 Å². The zero-order valence-corrected chi connectivity index (χ0v) is 12.9. The fourth-order valence-electron chi connectivity index (χ4n) is 1.68. The summed E-state index contributed by atoms with van der Waals surface area (Å²) in [4.78, 5) is 20.3. The number of thioether (sulfide) groups is 1. The van der Waals surface area contributed by atoms with Crippen molar-refractivity contribution in [3.63, 3.8) is 0 Å². The second-order valence-electron chi connectivity index (χ2n) is 4.18. The Balaban J connectivity index is 2.14. The molecule has 2 aromatic rings. The van der Waals surface area contributed by atoms with Crippen LogP contribution in [0.1, 0.15) is 16.1 Å². The first-order chi connectivity index (χ1) is 10.1. The lowest BCUT2D eigenvalue weighted by Crippen LogP contribution is -2.15. The third-order valence-corrected chi connectivity index (χ3v) is 3.57. The third kappa shape index (κ3) is 4.17. The van der Waals surface area contributed by atoms with Gasteiger partial charge in [-0.05, 0) is 30.4 Å². The van der Waals surface area contributed by atoms with Crippen LogP contribution in [0.5, 0.6) is 0 Å². The number of aliphatic hydroxyl groups excluding tert-OH is 1. The zero-order valence-electron chi connectivity index (χ0n) is 11.3. The predicted octanol–water partition coefficient (Wildman–Crippen LogP) is 2.64. The van der Waals surface area contributed by atoms with Crippen LogP contribution in [0, 0.1) is 0 Å². The summed E-state index contributed by atoms with van der Waals surface area (Å²) in [7, 11) is 0. The second kappa shape index (κ2) is 7.40. The number of nitrogens with zero attached hydrogens (tertiary/aromatic N) is 2. The Morgan fingerprint density at radius 1 is 1.38 bits per heavy atom. The van der Waals surface area contributed by atoms with Gasteiger partial charge in [0.1, 0.15) is 0 Å². The van der Waals surface area contributed by atoms with Crippen molar-refractivity contribution in [1.29, 1.82) is 0 Å². The number of hydrogen-bond donors (Lipinski definition) is 2. The SMILES string of the molecule is CSc1ncc(Cl)c(C(=O)Nc2ccc(CCO)cc2)n1. The van der Waals surface area contributed by atoms with Crippen LogP contribution >= 0.6 is 23.4 Å². The van der Waals surface area contributed by atoms with Gasteiger partial charge < -0.3 is 10.4 Å². The number of aromatic nitrogens is 2. The molecular weight excluding hydrogens is 310 g/mol. The van der Waals surface area contributed by atoms with Gasteiger partial charge in [-0.3, -0.25) is 4.79 Å². The van der Waals surface area contributed by atoms with Gasteiger partial charge in [0.05, 0.1) is 11.2 Å². The Morgan fingerprint density at radius 2 is 2.10 bits per heavy atom. The number of rotatable bonds is 5. The van der Waals surface area contributed by atoms with Crippen LogP contribution in [0.2, 0.25) is 5.02 Å². The van der Waals surface area contributed by atoms with Gasteiger partial charge in [-0.25, -0.2) is 9.97 Å². The van der Waals surface area contributed by atoms with E-state index in [1.807, 2.05) is 18.4 Å². The van der Waals surface area contributed by atoms with Crippen LogP contribution in [0.15, 0.2) is 35.6 Å². The minimum atomic E-state index is -0.382. The Labute approximate surface area is 131 Å². The summed E-state index contributed by atoms with van der Waals surface area (Å²) < 4.78 is 0. The van der Waals surface area contributed by atoms with Crippen molar-refractivity contribution in [2.45, 2.75) is 11.6 Å². The Hall–Kier alpha value is -1.63. The standard InChI is InChI=1S/C14H14ClN3O2S/c1-21-14-16-8-11(15)12(18-14)13(20)17-10-4-2-9(3-5-10)6-7-19/h2-5,8,19H,6-7H2,1H3,(H,17,20). The summed E-state index contributed by atoms with van der Waals surface area (Å²) >= 11 is 7.30. The predicted molar refractivity (Wildman–Crippen MR) is 84.0 cm³/mol. The van der Waals surface area contributed by atoms with Crippen LogP contribution in [0.3, 0.4) is 0 Å². The average molecular weight is 324 g/mol. The minimum Gasteiger partial charge on any atom is -0.396 e. The highest BCUT2D eigenvalue weighted by molar-refractivity contribution is 7.98. The lowest BCUT2D eigenvalue weighted by Gasteiger charge is -2.07. The van der Waals surface area contributed by atoms with E-state index in [-0.39, 0.29) is 23.2 Å². The first-order valence-electron chi connectivity index (χ1n) is 6.21. The van der Waals surface area contributed by atoms with Crippen molar-refractivity contribution >= 4 is 35.0 Å². The molecule has 0 atom stereocenters. The molecule has 0 unspecified atom stereocenters. The molecule has 2 N–H and O–H groups in total. The summed E-state index contributed by atoms with van der Waals surface area (Å²) in [5.74, 6) is -0.382. The molecule has 0 fully saturated rings. The smallest absolute Gasteiger partial charge is 0.275 e. The largest absolute Gasteiger partial charge is 0.396 e. The van der Waals surface area contributed by atoms with E-state index in [1.54, 1.807) is 12.1 Å². The van der Waals surface area contributed by atoms with Gasteiger partial charge in [0, 0.05) is 12.3 Å². The van der Waals surface area contributed by atoms with Crippen molar-refractivity contribution in [3.8, 4) is 0 Å². The Bertz CT molecular complexity index is 635. The van der Waals surface area contributed by atoms with Gasteiger partial charge in [0.2, 0.25) is 0 Å². The van der Waals surface area contributed by atoms with Gasteiger partial charge in [0.15, 0.2) is 10.9 Å². The van der Waals surface area contributed by atoms with Crippen molar-refractivity contribution in [2.75, 3.05) is 18.2 Å². The summed E-state index contributed by atoms with van der Waals surface area (Å²) in [5, 5.41) is 12.3. The number of aliphatic hydroxyl groups is 1. The van der Waals surface area contributed by atoms with E-state index in [1.165, 1.54) is 18.0 Å². The molecular formula is C14H14ClN3O2S. The molecule has 2 rings (SSSR count). The number of amides is 1. The lowest BCUT2D eigenvalue weighted by molar-refractivity contribution is 0.102. The number of carbonyl (C=O) groups is 1. The fraction of sp³-hybridized carbons (Fsp3) is 0.214. The summed E-state index contributed by atoms with van der Waals surface area (Å²) in [5.41, 5.74) is 1.79. The molecule has 0 radical (unpaired) electrons. The molecule has 1 aromatic carbocycles. The average Bonchev–Trinajstić information content (AvgIpc) is 2.50. The molecule has 0 spiro atoms. The van der Waals surface area contributed by atoms with Crippen molar-refractivity contribution < 1.29 is 9.90 Å². The first kappa shape index (κ1) is 15.8. The Kier molecular flexibility index (Phi) is 5.55. The number of nitrogens with one attached hydrogen (secondary N) is 1. The molecule has 0 aliphatic carbocycles. The molecule has 1 amide bonds. The maximum Gasteiger partial charge on any atom is 0.275 e. The van der Waals surface area contributed by atoms with Crippen LogP contribution < -0.4 is 5.32 Å². The molecule has 0 aliphatic heterocycles. The number of anilines is 1. The van der Waals surface area contributed by atoms with Gasteiger partial charge in [0.25, 0.3) is 5.91 Å². The van der Waals surface area contributed by atoms with E-state index < -0.39 is 0 Å². The maximum absolute atomic E-state index is 12.2. The summed E-state index contributed by atoms with van der Waals surface area (Å²) in [6.45, 7) is 0.0969. The van der Waals surface area contributed by atoms with E-state index in [4.69, 9.17) is 16.7 Å². The van der Waals surface area contributed by atoms with E-state index in [0.29, 0.717) is 17.3 Å². The van der Waals surface area contributed by atoms with E-state index in [9.17, 15) is 4.79 Å². The highest BCUT2D eigenvalue weighted by Gasteiger charge is 2.14. The van der Waals surface area contributed by atoms with Crippen LogP contribution in [0.25, 0.3) is 0 Å². The minimum absolute atomic E-state index is 0.0969. The monoisotopic (exact) mass is 323 g/mol. The van der Waals surface area contributed by atoms with Crippen molar-refractivity contribution in [2.24, 2.45) is 0 Å². The number of halogens is 1. The third-order valence-electron chi connectivity index (χ3n) is 2.73. The van der Waals surface area contributed by atoms with Gasteiger partial charge in [-0.1, -0.05) is 35.5 Å². The highest BCUT2D eigenvalue weighted by Crippen LogP contribution is 2.18.